The summed E-state index contributed by atoms with van der Waals surface area (Å²) in [5.74, 6) is 1.50. The molecule has 0 aromatic carbocycles. The van der Waals surface area contributed by atoms with Crippen molar-refractivity contribution in [2.24, 2.45) is 11.8 Å². The van der Waals surface area contributed by atoms with E-state index in [1.165, 1.54) is 17.7 Å². The Morgan fingerprint density at radius 1 is 1.12 bits per heavy atom. The summed E-state index contributed by atoms with van der Waals surface area (Å²) in [4.78, 5) is 1.33. The summed E-state index contributed by atoms with van der Waals surface area (Å²) in [5, 5.41) is 3.66. The molecule has 0 aliphatic rings. The van der Waals surface area contributed by atoms with E-state index in [0.29, 0.717) is 6.04 Å². The van der Waals surface area contributed by atoms with E-state index in [1.807, 2.05) is 6.07 Å². The van der Waals surface area contributed by atoms with Crippen molar-refractivity contribution < 1.29 is 0 Å². The van der Waals surface area contributed by atoms with Crippen molar-refractivity contribution >= 4 is 22.9 Å². The molecule has 1 N–H and O–H groups in total. The summed E-state index contributed by atoms with van der Waals surface area (Å²) in [6.07, 6.45) is 2.49. The van der Waals surface area contributed by atoms with E-state index in [-0.39, 0.29) is 0 Å². The van der Waals surface area contributed by atoms with Gasteiger partial charge in [0, 0.05) is 17.5 Å². The van der Waals surface area contributed by atoms with E-state index in [4.69, 9.17) is 11.6 Å². The first-order chi connectivity index (χ1) is 7.97. The van der Waals surface area contributed by atoms with Crippen LogP contribution in [0.25, 0.3) is 0 Å². The first-order valence-electron chi connectivity index (χ1n) is 6.45. The van der Waals surface area contributed by atoms with E-state index in [2.05, 4.69) is 39.1 Å². The van der Waals surface area contributed by atoms with Crippen LogP contribution in [0.2, 0.25) is 4.34 Å². The van der Waals surface area contributed by atoms with E-state index in [1.54, 1.807) is 11.3 Å². The third kappa shape index (κ3) is 6.44. The van der Waals surface area contributed by atoms with E-state index in [0.717, 1.165) is 22.7 Å². The van der Waals surface area contributed by atoms with Crippen LogP contribution in [0.15, 0.2) is 12.1 Å². The Kier molecular flexibility index (Phi) is 6.53. The molecule has 0 atom stereocenters. The van der Waals surface area contributed by atoms with Crippen LogP contribution < -0.4 is 5.32 Å². The van der Waals surface area contributed by atoms with Gasteiger partial charge < -0.3 is 5.32 Å². The smallest absolute Gasteiger partial charge is 0.0931 e. The SMILES string of the molecule is CC(C)CC(CC(C)C)NCc1ccc(Cl)s1. The number of thiophene rings is 1. The molecule has 0 saturated carbocycles. The fourth-order valence-corrected chi connectivity index (χ4v) is 3.13. The van der Waals surface area contributed by atoms with Crippen LogP contribution in [0.4, 0.5) is 0 Å². The summed E-state index contributed by atoms with van der Waals surface area (Å²) in [6.45, 7) is 10.1. The van der Waals surface area contributed by atoms with Gasteiger partial charge >= 0.3 is 0 Å². The second-order valence-corrected chi connectivity index (χ2v) is 7.34. The first-order valence-corrected chi connectivity index (χ1v) is 7.64. The van der Waals surface area contributed by atoms with Gasteiger partial charge in [0.25, 0.3) is 0 Å². The largest absolute Gasteiger partial charge is 0.309 e. The highest BCUT2D eigenvalue weighted by atomic mass is 35.5. The molecule has 1 heterocycles. The molecule has 17 heavy (non-hydrogen) atoms. The zero-order valence-corrected chi connectivity index (χ0v) is 12.9. The molecule has 0 bridgehead atoms. The van der Waals surface area contributed by atoms with Gasteiger partial charge in [-0.05, 0) is 36.8 Å². The molecule has 0 fully saturated rings. The number of halogens is 1. The number of hydrogen-bond acceptors (Lipinski definition) is 2. The van der Waals surface area contributed by atoms with Gasteiger partial charge in [-0.15, -0.1) is 11.3 Å². The van der Waals surface area contributed by atoms with Crippen LogP contribution in [-0.2, 0) is 6.54 Å². The van der Waals surface area contributed by atoms with Crippen molar-refractivity contribution in [2.75, 3.05) is 0 Å². The summed E-state index contributed by atoms with van der Waals surface area (Å²) in [6, 6.07) is 4.71. The molecule has 0 spiro atoms. The van der Waals surface area contributed by atoms with Crippen LogP contribution in [0.3, 0.4) is 0 Å². The van der Waals surface area contributed by atoms with Gasteiger partial charge in [0.05, 0.1) is 4.34 Å². The summed E-state index contributed by atoms with van der Waals surface area (Å²) in [5.41, 5.74) is 0. The lowest BCUT2D eigenvalue weighted by Gasteiger charge is -2.22. The van der Waals surface area contributed by atoms with Gasteiger partial charge in [-0.25, -0.2) is 0 Å². The lowest BCUT2D eigenvalue weighted by atomic mass is 9.95. The Balaban J connectivity index is 2.42. The van der Waals surface area contributed by atoms with Crippen molar-refractivity contribution in [3.05, 3.63) is 21.3 Å². The van der Waals surface area contributed by atoms with Crippen LogP contribution >= 0.6 is 22.9 Å². The Morgan fingerprint density at radius 3 is 2.12 bits per heavy atom. The molecule has 98 valence electrons. The molecule has 3 heteroatoms. The number of rotatable bonds is 7. The van der Waals surface area contributed by atoms with Gasteiger partial charge in [0.15, 0.2) is 0 Å². The van der Waals surface area contributed by atoms with Gasteiger partial charge in [-0.2, -0.15) is 0 Å². The Bertz CT molecular complexity index is 310. The summed E-state index contributed by atoms with van der Waals surface area (Å²) in [7, 11) is 0. The Hall–Kier alpha value is -0.0500. The van der Waals surface area contributed by atoms with Crippen LogP contribution in [0, 0.1) is 11.8 Å². The fraction of sp³-hybridized carbons (Fsp3) is 0.714. The minimum absolute atomic E-state index is 0.621. The second kappa shape index (κ2) is 7.40. The average Bonchev–Trinajstić information content (AvgIpc) is 2.59. The molecular weight excluding hydrogens is 250 g/mol. The molecule has 1 nitrogen and oxygen atoms in total. The van der Waals surface area contributed by atoms with Crippen molar-refractivity contribution in [1.82, 2.24) is 5.32 Å². The van der Waals surface area contributed by atoms with E-state index >= 15 is 0 Å². The monoisotopic (exact) mass is 273 g/mol. The third-order valence-corrected chi connectivity index (χ3v) is 3.94. The topological polar surface area (TPSA) is 12.0 Å². The molecule has 0 saturated heterocycles. The summed E-state index contributed by atoms with van der Waals surface area (Å²) >= 11 is 7.61. The lowest BCUT2D eigenvalue weighted by Crippen LogP contribution is -2.31. The predicted molar refractivity (Wildman–Crippen MR) is 78.9 cm³/mol. The molecule has 0 aliphatic heterocycles. The molecule has 1 rings (SSSR count). The molecule has 0 aliphatic carbocycles. The second-order valence-electron chi connectivity index (χ2n) is 5.54. The first kappa shape index (κ1) is 15.0. The highest BCUT2D eigenvalue weighted by molar-refractivity contribution is 7.16. The van der Waals surface area contributed by atoms with Crippen LogP contribution in [-0.4, -0.2) is 6.04 Å². The van der Waals surface area contributed by atoms with Gasteiger partial charge in [-0.1, -0.05) is 39.3 Å². The molecule has 1 aromatic heterocycles. The number of nitrogens with one attached hydrogen (secondary N) is 1. The minimum Gasteiger partial charge on any atom is -0.309 e. The van der Waals surface area contributed by atoms with Gasteiger partial charge in [-0.3, -0.25) is 0 Å². The average molecular weight is 274 g/mol. The number of hydrogen-bond donors (Lipinski definition) is 1. The third-order valence-electron chi connectivity index (χ3n) is 2.71. The standard InChI is InChI=1S/C14H24ClNS/c1-10(2)7-12(8-11(3)4)16-9-13-5-6-14(15)17-13/h5-6,10-12,16H,7-9H2,1-4H3. The maximum absolute atomic E-state index is 5.94. The van der Waals surface area contributed by atoms with Gasteiger partial charge in [0.2, 0.25) is 0 Å². The van der Waals surface area contributed by atoms with Crippen molar-refractivity contribution in [3.8, 4) is 0 Å². The minimum atomic E-state index is 0.621. The Morgan fingerprint density at radius 2 is 1.71 bits per heavy atom. The van der Waals surface area contributed by atoms with Crippen molar-refractivity contribution in [2.45, 2.75) is 53.1 Å². The lowest BCUT2D eigenvalue weighted by molar-refractivity contribution is 0.359. The highest BCUT2D eigenvalue weighted by Crippen LogP contribution is 2.22. The van der Waals surface area contributed by atoms with Crippen LogP contribution in [0.1, 0.15) is 45.4 Å². The van der Waals surface area contributed by atoms with Crippen molar-refractivity contribution in [3.63, 3.8) is 0 Å². The maximum Gasteiger partial charge on any atom is 0.0931 e. The molecule has 0 amide bonds. The summed E-state index contributed by atoms with van der Waals surface area (Å²) < 4.78 is 0.881. The van der Waals surface area contributed by atoms with Crippen molar-refractivity contribution in [1.29, 1.82) is 0 Å². The zero-order chi connectivity index (χ0) is 12.8. The molecule has 1 aromatic rings. The highest BCUT2D eigenvalue weighted by Gasteiger charge is 2.12. The zero-order valence-electron chi connectivity index (χ0n) is 11.3. The quantitative estimate of drug-likeness (QED) is 0.741. The fourth-order valence-electron chi connectivity index (χ4n) is 2.09. The molecular formula is C14H24ClNS. The van der Waals surface area contributed by atoms with Gasteiger partial charge in [0.1, 0.15) is 0 Å². The molecule has 0 radical (unpaired) electrons. The van der Waals surface area contributed by atoms with E-state index in [9.17, 15) is 0 Å². The Labute approximate surface area is 115 Å². The normalized spacial score (nSPS) is 12.0. The van der Waals surface area contributed by atoms with E-state index < -0.39 is 0 Å². The predicted octanol–water partition coefficient (Wildman–Crippen LogP) is 4.95. The van der Waals surface area contributed by atoms with Crippen LogP contribution in [0.5, 0.6) is 0 Å². The maximum atomic E-state index is 5.94. The molecule has 0 unspecified atom stereocenters.